The van der Waals surface area contributed by atoms with Gasteiger partial charge in [0.15, 0.2) is 0 Å². The standard InChI is InChI=1S/C18H22N2O/c1-5-14(4)20-18(21)16-9-15(10-19-11-16)17-8-12(2)6-7-13(17)3/h6-11,14H,5H2,1-4H3,(H,20,21)/t14-/m0/s1. The van der Waals surface area contributed by atoms with Crippen molar-refractivity contribution in [3.63, 3.8) is 0 Å². The third-order valence-electron chi connectivity index (χ3n) is 3.69. The lowest BCUT2D eigenvalue weighted by atomic mass is 9.99. The summed E-state index contributed by atoms with van der Waals surface area (Å²) in [5.74, 6) is -0.0657. The van der Waals surface area contributed by atoms with Crippen molar-refractivity contribution in [1.82, 2.24) is 10.3 Å². The van der Waals surface area contributed by atoms with Crippen LogP contribution in [0.25, 0.3) is 11.1 Å². The summed E-state index contributed by atoms with van der Waals surface area (Å²) in [5, 5.41) is 2.97. The molecule has 1 amide bonds. The molecule has 1 N–H and O–H groups in total. The summed E-state index contributed by atoms with van der Waals surface area (Å²) in [4.78, 5) is 16.4. The molecule has 0 saturated heterocycles. The number of rotatable bonds is 4. The van der Waals surface area contributed by atoms with Gasteiger partial charge >= 0.3 is 0 Å². The monoisotopic (exact) mass is 282 g/mol. The summed E-state index contributed by atoms with van der Waals surface area (Å²) in [6.07, 6.45) is 4.34. The van der Waals surface area contributed by atoms with Crippen LogP contribution in [-0.4, -0.2) is 16.9 Å². The van der Waals surface area contributed by atoms with Crippen LogP contribution in [-0.2, 0) is 0 Å². The van der Waals surface area contributed by atoms with E-state index in [1.165, 1.54) is 11.1 Å². The molecule has 3 nitrogen and oxygen atoms in total. The zero-order valence-corrected chi connectivity index (χ0v) is 13.1. The number of benzene rings is 1. The van der Waals surface area contributed by atoms with Crippen LogP contribution < -0.4 is 5.32 Å². The Morgan fingerprint density at radius 2 is 2.00 bits per heavy atom. The fraction of sp³-hybridized carbons (Fsp3) is 0.333. The number of carbonyl (C=O) groups excluding carboxylic acids is 1. The lowest BCUT2D eigenvalue weighted by Crippen LogP contribution is -2.31. The van der Waals surface area contributed by atoms with Gasteiger partial charge in [0.25, 0.3) is 5.91 Å². The van der Waals surface area contributed by atoms with Gasteiger partial charge in [-0.1, -0.05) is 30.7 Å². The molecule has 0 aliphatic carbocycles. The zero-order chi connectivity index (χ0) is 15.4. The molecule has 2 rings (SSSR count). The van der Waals surface area contributed by atoms with Crippen LogP contribution >= 0.6 is 0 Å². The van der Waals surface area contributed by atoms with Crippen molar-refractivity contribution in [1.29, 1.82) is 0 Å². The molecule has 1 aromatic heterocycles. The molecule has 110 valence electrons. The number of pyridine rings is 1. The van der Waals surface area contributed by atoms with Crippen LogP contribution in [0.15, 0.2) is 36.7 Å². The highest BCUT2D eigenvalue weighted by atomic mass is 16.1. The predicted molar refractivity (Wildman–Crippen MR) is 86.4 cm³/mol. The van der Waals surface area contributed by atoms with Crippen LogP contribution in [0.1, 0.15) is 41.8 Å². The van der Waals surface area contributed by atoms with Crippen molar-refractivity contribution in [3.8, 4) is 11.1 Å². The smallest absolute Gasteiger partial charge is 0.253 e. The lowest BCUT2D eigenvalue weighted by molar-refractivity contribution is 0.0939. The molecule has 0 radical (unpaired) electrons. The first-order valence-electron chi connectivity index (χ1n) is 7.34. The second kappa shape index (κ2) is 6.53. The van der Waals surface area contributed by atoms with Gasteiger partial charge in [-0.25, -0.2) is 0 Å². The van der Waals surface area contributed by atoms with Crippen LogP contribution in [0.4, 0.5) is 0 Å². The van der Waals surface area contributed by atoms with Gasteiger partial charge in [0.1, 0.15) is 0 Å². The molecule has 0 unspecified atom stereocenters. The van der Waals surface area contributed by atoms with Crippen molar-refractivity contribution in [2.45, 2.75) is 40.2 Å². The maximum absolute atomic E-state index is 12.2. The van der Waals surface area contributed by atoms with Gasteiger partial charge in [-0.15, -0.1) is 0 Å². The zero-order valence-electron chi connectivity index (χ0n) is 13.1. The molecule has 0 aliphatic rings. The Hall–Kier alpha value is -2.16. The van der Waals surface area contributed by atoms with E-state index in [-0.39, 0.29) is 11.9 Å². The molecule has 0 saturated carbocycles. The number of hydrogen-bond acceptors (Lipinski definition) is 2. The van der Waals surface area contributed by atoms with E-state index in [2.05, 4.69) is 49.3 Å². The maximum atomic E-state index is 12.2. The summed E-state index contributed by atoms with van der Waals surface area (Å²) in [6, 6.07) is 8.39. The highest BCUT2D eigenvalue weighted by Crippen LogP contribution is 2.24. The lowest BCUT2D eigenvalue weighted by Gasteiger charge is -2.12. The summed E-state index contributed by atoms with van der Waals surface area (Å²) < 4.78 is 0. The van der Waals surface area contributed by atoms with Gasteiger partial charge in [0.05, 0.1) is 5.56 Å². The van der Waals surface area contributed by atoms with Crippen molar-refractivity contribution in [2.75, 3.05) is 0 Å². The fourth-order valence-corrected chi connectivity index (χ4v) is 2.17. The Morgan fingerprint density at radius 3 is 2.71 bits per heavy atom. The number of aryl methyl sites for hydroxylation is 2. The van der Waals surface area contributed by atoms with Crippen molar-refractivity contribution >= 4 is 5.91 Å². The first kappa shape index (κ1) is 15.2. The van der Waals surface area contributed by atoms with Gasteiger partial charge in [0.2, 0.25) is 0 Å². The average molecular weight is 282 g/mol. The minimum absolute atomic E-state index is 0.0657. The highest BCUT2D eigenvalue weighted by molar-refractivity contribution is 5.95. The van der Waals surface area contributed by atoms with E-state index in [9.17, 15) is 4.79 Å². The van der Waals surface area contributed by atoms with E-state index in [1.54, 1.807) is 6.20 Å². The fourth-order valence-electron chi connectivity index (χ4n) is 2.17. The topological polar surface area (TPSA) is 42.0 Å². The average Bonchev–Trinajstić information content (AvgIpc) is 2.49. The minimum Gasteiger partial charge on any atom is -0.350 e. The highest BCUT2D eigenvalue weighted by Gasteiger charge is 2.11. The quantitative estimate of drug-likeness (QED) is 0.924. The van der Waals surface area contributed by atoms with E-state index in [0.717, 1.165) is 17.5 Å². The van der Waals surface area contributed by atoms with Crippen LogP contribution in [0.2, 0.25) is 0 Å². The first-order chi connectivity index (χ1) is 10.0. The number of nitrogens with zero attached hydrogens (tertiary/aromatic N) is 1. The largest absolute Gasteiger partial charge is 0.350 e. The van der Waals surface area contributed by atoms with Crippen molar-refractivity contribution in [3.05, 3.63) is 53.3 Å². The number of aromatic nitrogens is 1. The Kier molecular flexibility index (Phi) is 4.73. The van der Waals surface area contributed by atoms with Crippen LogP contribution in [0.3, 0.4) is 0 Å². The molecule has 3 heteroatoms. The maximum Gasteiger partial charge on any atom is 0.253 e. The van der Waals surface area contributed by atoms with E-state index in [4.69, 9.17) is 0 Å². The van der Waals surface area contributed by atoms with Gasteiger partial charge in [-0.2, -0.15) is 0 Å². The molecule has 21 heavy (non-hydrogen) atoms. The van der Waals surface area contributed by atoms with Gasteiger partial charge in [-0.3, -0.25) is 9.78 Å². The molecule has 2 aromatic rings. The van der Waals surface area contributed by atoms with E-state index < -0.39 is 0 Å². The van der Waals surface area contributed by atoms with Gasteiger partial charge in [0, 0.05) is 24.0 Å². The summed E-state index contributed by atoms with van der Waals surface area (Å²) in [6.45, 7) is 8.19. The summed E-state index contributed by atoms with van der Waals surface area (Å²) in [5.41, 5.74) is 5.09. The van der Waals surface area contributed by atoms with Gasteiger partial charge in [-0.05, 0) is 44.4 Å². The second-order valence-corrected chi connectivity index (χ2v) is 5.56. The molecule has 0 fully saturated rings. The number of nitrogens with one attached hydrogen (secondary N) is 1. The number of carbonyl (C=O) groups is 1. The number of hydrogen-bond donors (Lipinski definition) is 1. The Morgan fingerprint density at radius 1 is 1.24 bits per heavy atom. The van der Waals surface area contributed by atoms with Crippen LogP contribution in [0, 0.1) is 13.8 Å². The molecule has 1 aromatic carbocycles. The SMILES string of the molecule is CC[C@H](C)NC(=O)c1cncc(-c2cc(C)ccc2C)c1. The molecule has 1 heterocycles. The molecule has 0 aliphatic heterocycles. The van der Waals surface area contributed by atoms with Gasteiger partial charge < -0.3 is 5.32 Å². The third kappa shape index (κ3) is 3.69. The predicted octanol–water partition coefficient (Wildman–Crippen LogP) is 3.89. The van der Waals surface area contributed by atoms with Crippen molar-refractivity contribution < 1.29 is 4.79 Å². The Labute approximate surface area is 126 Å². The first-order valence-corrected chi connectivity index (χ1v) is 7.34. The molecule has 0 bridgehead atoms. The Balaban J connectivity index is 2.33. The Bertz CT molecular complexity index is 649. The van der Waals surface area contributed by atoms with Crippen molar-refractivity contribution in [2.24, 2.45) is 0 Å². The van der Waals surface area contributed by atoms with E-state index in [1.807, 2.05) is 19.2 Å². The van der Waals surface area contributed by atoms with E-state index >= 15 is 0 Å². The summed E-state index contributed by atoms with van der Waals surface area (Å²) >= 11 is 0. The summed E-state index contributed by atoms with van der Waals surface area (Å²) in [7, 11) is 0. The minimum atomic E-state index is -0.0657. The normalized spacial score (nSPS) is 12.0. The third-order valence-corrected chi connectivity index (χ3v) is 3.69. The molecule has 1 atom stereocenters. The molecular formula is C18H22N2O. The second-order valence-electron chi connectivity index (χ2n) is 5.56. The van der Waals surface area contributed by atoms with Crippen LogP contribution in [0.5, 0.6) is 0 Å². The molecular weight excluding hydrogens is 260 g/mol. The van der Waals surface area contributed by atoms with E-state index in [0.29, 0.717) is 5.56 Å². The molecule has 0 spiro atoms. The number of amides is 1.